The molecular weight excluding hydrogens is 606 g/mol. The number of ether oxygens (including phenoxy) is 2. The lowest BCUT2D eigenvalue weighted by molar-refractivity contribution is -0.124. The Morgan fingerprint density at radius 3 is 2.44 bits per heavy atom. The maximum Gasteiger partial charge on any atom is 0.407 e. The Bertz CT molecular complexity index is 1440. The number of rotatable bonds is 12. The summed E-state index contributed by atoms with van der Waals surface area (Å²) in [6.45, 7) is -1.29. The molecule has 0 unspecified atom stereocenters. The fraction of sp³-hybridized carbons (Fsp3) is 0.355. The van der Waals surface area contributed by atoms with Crippen LogP contribution in [0.3, 0.4) is 0 Å². The predicted molar refractivity (Wildman–Crippen MR) is 154 cm³/mol. The van der Waals surface area contributed by atoms with Gasteiger partial charge < -0.3 is 30.7 Å². The first-order valence-electron chi connectivity index (χ1n) is 14.1. The smallest absolute Gasteiger partial charge is 0.407 e. The van der Waals surface area contributed by atoms with Crippen molar-refractivity contribution in [3.8, 4) is 0 Å². The molecule has 3 atom stereocenters. The molecule has 0 aromatic heterocycles. The molecule has 0 aliphatic carbocycles. The highest BCUT2D eigenvalue weighted by atomic mass is 19.4. The lowest BCUT2D eigenvalue weighted by Gasteiger charge is -2.30. The molecule has 2 amide bonds. The Hall–Kier alpha value is -4.30. The first kappa shape index (κ1) is 33.6. The van der Waals surface area contributed by atoms with Gasteiger partial charge in [0.2, 0.25) is 5.91 Å². The van der Waals surface area contributed by atoms with E-state index in [9.17, 15) is 35.9 Å². The van der Waals surface area contributed by atoms with Crippen molar-refractivity contribution in [1.29, 1.82) is 0 Å². The zero-order valence-corrected chi connectivity index (χ0v) is 23.9. The van der Waals surface area contributed by atoms with Gasteiger partial charge >= 0.3 is 12.3 Å². The van der Waals surface area contributed by atoms with Crippen molar-refractivity contribution in [2.75, 3.05) is 36.9 Å². The number of hydrogen-bond donors (Lipinski definition) is 4. The average Bonchev–Trinajstić information content (AvgIpc) is 3.01. The molecule has 3 aromatic carbocycles. The number of morpholine rings is 1. The molecule has 1 heterocycles. The summed E-state index contributed by atoms with van der Waals surface area (Å²) in [6.07, 6.45) is -5.36. The highest BCUT2D eigenvalue weighted by Gasteiger charge is 2.29. The number of amides is 2. The zero-order chi connectivity index (χ0) is 32.4. The first-order chi connectivity index (χ1) is 21.5. The number of nitrogens with one attached hydrogen (secondary N) is 4. The number of carbonyl (C=O) groups excluding carboxylic acids is 2. The van der Waals surface area contributed by atoms with E-state index >= 15 is 0 Å². The van der Waals surface area contributed by atoms with Gasteiger partial charge in [-0.2, -0.15) is 13.2 Å². The van der Waals surface area contributed by atoms with Gasteiger partial charge in [0.15, 0.2) is 11.6 Å². The van der Waals surface area contributed by atoms with Crippen LogP contribution < -0.4 is 21.3 Å². The molecule has 0 bridgehead atoms. The summed E-state index contributed by atoms with van der Waals surface area (Å²) >= 11 is 0. The van der Waals surface area contributed by atoms with Gasteiger partial charge in [0.05, 0.1) is 18.8 Å². The van der Waals surface area contributed by atoms with Crippen LogP contribution in [0.1, 0.15) is 17.5 Å². The first-order valence-corrected chi connectivity index (χ1v) is 14.1. The monoisotopic (exact) mass is 638 g/mol. The van der Waals surface area contributed by atoms with Gasteiger partial charge in [-0.15, -0.1) is 0 Å². The number of alkyl halides is 3. The summed E-state index contributed by atoms with van der Waals surface area (Å²) in [4.78, 5) is 24.9. The summed E-state index contributed by atoms with van der Waals surface area (Å²) in [7, 11) is 0. The van der Waals surface area contributed by atoms with Gasteiger partial charge in [0.1, 0.15) is 25.0 Å². The van der Waals surface area contributed by atoms with E-state index in [1.165, 1.54) is 18.2 Å². The quantitative estimate of drug-likeness (QED) is 0.200. The highest BCUT2D eigenvalue weighted by Crippen LogP contribution is 2.24. The van der Waals surface area contributed by atoms with Crippen LogP contribution in [0.25, 0.3) is 0 Å². The molecular formula is C31H32F6N4O4. The van der Waals surface area contributed by atoms with Gasteiger partial charge in [-0.25, -0.2) is 18.0 Å². The molecule has 4 N–H and O–H groups in total. The normalized spacial score (nSPS) is 17.3. The van der Waals surface area contributed by atoms with E-state index in [4.69, 9.17) is 9.47 Å². The van der Waals surface area contributed by atoms with Crippen LogP contribution in [0.2, 0.25) is 0 Å². The van der Waals surface area contributed by atoms with Gasteiger partial charge in [-0.05, 0) is 42.7 Å². The predicted octanol–water partition coefficient (Wildman–Crippen LogP) is 5.34. The Morgan fingerprint density at radius 2 is 1.76 bits per heavy atom. The van der Waals surface area contributed by atoms with Crippen molar-refractivity contribution in [3.63, 3.8) is 0 Å². The van der Waals surface area contributed by atoms with Crippen molar-refractivity contribution in [2.24, 2.45) is 0 Å². The van der Waals surface area contributed by atoms with Gasteiger partial charge in [0, 0.05) is 36.0 Å². The van der Waals surface area contributed by atoms with Crippen molar-refractivity contribution >= 4 is 23.4 Å². The van der Waals surface area contributed by atoms with E-state index in [2.05, 4.69) is 16.0 Å². The number of carbonyl (C=O) groups is 2. The van der Waals surface area contributed by atoms with Crippen molar-refractivity contribution in [1.82, 2.24) is 10.6 Å². The zero-order valence-electron chi connectivity index (χ0n) is 23.9. The molecule has 0 spiro atoms. The lowest BCUT2D eigenvalue weighted by atomic mass is 10.0. The fourth-order valence-corrected chi connectivity index (χ4v) is 4.66. The van der Waals surface area contributed by atoms with E-state index in [0.29, 0.717) is 13.0 Å². The van der Waals surface area contributed by atoms with Crippen LogP contribution >= 0.6 is 0 Å². The maximum atomic E-state index is 15.0. The average molecular weight is 639 g/mol. The van der Waals surface area contributed by atoms with E-state index in [0.717, 1.165) is 17.7 Å². The molecule has 4 rings (SSSR count). The van der Waals surface area contributed by atoms with Crippen LogP contribution in [-0.2, 0) is 27.1 Å². The van der Waals surface area contributed by atoms with Crippen LogP contribution in [0.5, 0.6) is 0 Å². The van der Waals surface area contributed by atoms with E-state index in [-0.39, 0.29) is 49.1 Å². The van der Waals surface area contributed by atoms with E-state index in [1.54, 1.807) is 23.5 Å². The third-order valence-corrected chi connectivity index (χ3v) is 6.97. The largest absolute Gasteiger partial charge is 0.448 e. The van der Waals surface area contributed by atoms with Crippen LogP contribution in [0.15, 0.2) is 66.7 Å². The van der Waals surface area contributed by atoms with Crippen molar-refractivity contribution in [2.45, 2.75) is 43.6 Å². The Morgan fingerprint density at radius 1 is 0.978 bits per heavy atom. The Kier molecular flexibility index (Phi) is 11.7. The number of benzene rings is 3. The molecule has 1 aliphatic heterocycles. The topological polar surface area (TPSA) is 101 Å². The fourth-order valence-electron chi connectivity index (χ4n) is 4.66. The summed E-state index contributed by atoms with van der Waals surface area (Å²) in [5.41, 5.74) is 1.48. The third-order valence-electron chi connectivity index (χ3n) is 6.97. The van der Waals surface area contributed by atoms with Gasteiger partial charge in [0.25, 0.3) is 0 Å². The summed E-state index contributed by atoms with van der Waals surface area (Å²) < 4.78 is 89.5. The lowest BCUT2D eigenvalue weighted by Crippen LogP contribution is -2.49. The Labute approximate surface area is 255 Å². The van der Waals surface area contributed by atoms with E-state index < -0.39 is 54.3 Å². The van der Waals surface area contributed by atoms with Crippen molar-refractivity contribution < 1.29 is 45.4 Å². The van der Waals surface area contributed by atoms with Crippen LogP contribution in [-0.4, -0.2) is 62.7 Å². The second-order valence-electron chi connectivity index (χ2n) is 10.4. The minimum atomic E-state index is -4.55. The summed E-state index contributed by atoms with van der Waals surface area (Å²) in [5.74, 6) is -3.16. The highest BCUT2D eigenvalue weighted by molar-refractivity contribution is 5.97. The molecule has 45 heavy (non-hydrogen) atoms. The van der Waals surface area contributed by atoms with Gasteiger partial charge in [-0.3, -0.25) is 4.79 Å². The van der Waals surface area contributed by atoms with Crippen LogP contribution in [0, 0.1) is 17.5 Å². The summed E-state index contributed by atoms with van der Waals surface area (Å²) in [5, 5.41) is 10.4. The Balaban J connectivity index is 1.34. The molecule has 242 valence electrons. The summed E-state index contributed by atoms with van der Waals surface area (Å²) in [6, 6.07) is 15.2. The van der Waals surface area contributed by atoms with Crippen molar-refractivity contribution in [3.05, 3.63) is 95.3 Å². The number of anilines is 2. The standard InChI is InChI=1S/C31H32F6N4O4/c32-24-7-4-8-27(23(24)11-10-22-15-38-21(16-44-22)17-45-30(43)39-18-31(35,36)37)41-29(42)28(13-19-5-2-1-3-6-19)40-20-9-12-25(33)26(34)14-20/h1-9,12,14,21-22,28,38,40H,10-11,13,15-18H2,(H,39,43)(H,41,42)/t21-,22+,28-/m0/s1. The second kappa shape index (κ2) is 15.6. The molecule has 3 aromatic rings. The second-order valence-corrected chi connectivity index (χ2v) is 10.4. The van der Waals surface area contributed by atoms with E-state index in [1.807, 2.05) is 18.2 Å². The molecule has 1 saturated heterocycles. The molecule has 0 saturated carbocycles. The molecule has 14 heteroatoms. The maximum absolute atomic E-state index is 15.0. The molecule has 1 aliphatic rings. The minimum Gasteiger partial charge on any atom is -0.448 e. The number of halogens is 6. The number of alkyl carbamates (subject to hydrolysis) is 1. The molecule has 1 fully saturated rings. The number of hydrogen-bond acceptors (Lipinski definition) is 6. The minimum absolute atomic E-state index is 0.106. The molecule has 8 nitrogen and oxygen atoms in total. The molecule has 0 radical (unpaired) electrons. The van der Waals surface area contributed by atoms with Gasteiger partial charge in [-0.1, -0.05) is 36.4 Å². The SMILES string of the molecule is O=C(NCC(F)(F)F)OC[C@@H]1CO[C@H](CCc2c(F)cccc2NC(=O)[C@H](Cc2ccccc2)Nc2ccc(F)c(F)c2)CN1. The van der Waals surface area contributed by atoms with Crippen LogP contribution in [0.4, 0.5) is 42.5 Å². The third kappa shape index (κ3) is 10.7.